The Morgan fingerprint density at radius 1 is 1.12 bits per heavy atom. The fourth-order valence-corrected chi connectivity index (χ4v) is 5.43. The summed E-state index contributed by atoms with van der Waals surface area (Å²) in [6, 6.07) is 11.3. The molecule has 34 heavy (non-hydrogen) atoms. The van der Waals surface area contributed by atoms with Gasteiger partial charge in [-0.3, -0.25) is 9.69 Å². The minimum atomic E-state index is -0.157. The SMILES string of the molecule is Cc1cc(/C=C/CCN2CCOCC2)cc(C)c1N1C[C@@H](Cc2ccccc2F)C[C@@H](C)C1=O. The van der Waals surface area contributed by atoms with Gasteiger partial charge in [0.2, 0.25) is 5.91 Å². The van der Waals surface area contributed by atoms with Crippen LogP contribution in [-0.4, -0.2) is 50.2 Å². The number of piperidine rings is 1. The van der Waals surface area contributed by atoms with Crippen LogP contribution < -0.4 is 4.90 Å². The lowest BCUT2D eigenvalue weighted by atomic mass is 9.84. The van der Waals surface area contributed by atoms with Crippen molar-refractivity contribution in [2.24, 2.45) is 11.8 Å². The molecular formula is C29H37FN2O2. The van der Waals surface area contributed by atoms with E-state index in [0.717, 1.165) is 68.1 Å². The van der Waals surface area contributed by atoms with E-state index >= 15 is 0 Å². The Morgan fingerprint density at radius 2 is 1.82 bits per heavy atom. The lowest BCUT2D eigenvalue weighted by molar-refractivity contribution is -0.124. The monoisotopic (exact) mass is 464 g/mol. The molecule has 2 aliphatic rings. The summed E-state index contributed by atoms with van der Waals surface area (Å²) in [6.45, 7) is 11.6. The van der Waals surface area contributed by atoms with Gasteiger partial charge in [0.05, 0.1) is 13.2 Å². The van der Waals surface area contributed by atoms with Gasteiger partial charge in [-0.1, -0.05) is 37.3 Å². The van der Waals surface area contributed by atoms with E-state index in [0.29, 0.717) is 13.0 Å². The average Bonchev–Trinajstić information content (AvgIpc) is 2.81. The van der Waals surface area contributed by atoms with Crippen LogP contribution in [0.1, 0.15) is 42.0 Å². The zero-order valence-electron chi connectivity index (χ0n) is 20.7. The molecule has 0 aliphatic carbocycles. The van der Waals surface area contributed by atoms with Crippen LogP contribution in [0, 0.1) is 31.5 Å². The second-order valence-corrected chi connectivity index (χ2v) is 9.90. The molecule has 5 heteroatoms. The van der Waals surface area contributed by atoms with Crippen molar-refractivity contribution in [2.45, 2.75) is 40.0 Å². The van der Waals surface area contributed by atoms with Gasteiger partial charge < -0.3 is 9.64 Å². The molecule has 2 aromatic carbocycles. The number of rotatable bonds is 7. The van der Waals surface area contributed by atoms with Crippen molar-refractivity contribution in [1.29, 1.82) is 0 Å². The van der Waals surface area contributed by atoms with Gasteiger partial charge >= 0.3 is 0 Å². The number of benzene rings is 2. The van der Waals surface area contributed by atoms with Gasteiger partial charge in [0.15, 0.2) is 0 Å². The highest BCUT2D eigenvalue weighted by molar-refractivity contribution is 5.97. The lowest BCUT2D eigenvalue weighted by Gasteiger charge is -2.38. The summed E-state index contributed by atoms with van der Waals surface area (Å²) >= 11 is 0. The number of amides is 1. The minimum absolute atomic E-state index is 0.0657. The number of aryl methyl sites for hydroxylation is 2. The standard InChI is InChI=1S/C29H37FN2O2/c1-21-16-24(8-6-7-11-31-12-14-34-15-13-31)17-22(2)28(21)32-20-25(18-23(3)29(32)33)19-26-9-4-5-10-27(26)30/h4-6,8-10,16-17,23,25H,7,11-15,18-20H2,1-3H3/b8-6+/t23-,25-/m1/s1. The van der Waals surface area contributed by atoms with Crippen LogP contribution in [0.2, 0.25) is 0 Å². The van der Waals surface area contributed by atoms with Crippen molar-refractivity contribution in [3.05, 3.63) is 70.5 Å². The van der Waals surface area contributed by atoms with E-state index < -0.39 is 0 Å². The fourth-order valence-electron chi connectivity index (χ4n) is 5.43. The van der Waals surface area contributed by atoms with Gasteiger partial charge in [0.25, 0.3) is 0 Å². The highest BCUT2D eigenvalue weighted by atomic mass is 19.1. The van der Waals surface area contributed by atoms with Crippen molar-refractivity contribution in [3.63, 3.8) is 0 Å². The highest BCUT2D eigenvalue weighted by Gasteiger charge is 2.34. The summed E-state index contributed by atoms with van der Waals surface area (Å²) < 4.78 is 19.7. The van der Waals surface area contributed by atoms with Crippen LogP contribution in [0.3, 0.4) is 0 Å². The molecule has 4 rings (SSSR count). The molecule has 0 radical (unpaired) electrons. The van der Waals surface area contributed by atoms with Crippen molar-refractivity contribution in [3.8, 4) is 0 Å². The molecule has 0 bridgehead atoms. The second-order valence-electron chi connectivity index (χ2n) is 9.90. The zero-order chi connectivity index (χ0) is 24.1. The molecule has 0 aromatic heterocycles. The normalized spacial score (nSPS) is 22.0. The first-order valence-corrected chi connectivity index (χ1v) is 12.5. The van der Waals surface area contributed by atoms with Crippen molar-refractivity contribution in [2.75, 3.05) is 44.3 Å². The van der Waals surface area contributed by atoms with E-state index in [1.165, 1.54) is 11.6 Å². The average molecular weight is 465 g/mol. The van der Waals surface area contributed by atoms with E-state index in [4.69, 9.17) is 4.74 Å². The molecule has 2 atom stereocenters. The first-order chi connectivity index (χ1) is 16.4. The number of halogens is 1. The molecule has 0 N–H and O–H groups in total. The van der Waals surface area contributed by atoms with E-state index in [1.807, 2.05) is 24.0 Å². The predicted octanol–water partition coefficient (Wildman–Crippen LogP) is 5.41. The maximum absolute atomic E-state index is 14.2. The lowest BCUT2D eigenvalue weighted by Crippen LogP contribution is -2.46. The largest absolute Gasteiger partial charge is 0.379 e. The van der Waals surface area contributed by atoms with E-state index in [9.17, 15) is 9.18 Å². The number of morpholine rings is 1. The highest BCUT2D eigenvalue weighted by Crippen LogP contribution is 2.34. The number of hydrogen-bond donors (Lipinski definition) is 0. The Kier molecular flexibility index (Phi) is 8.17. The van der Waals surface area contributed by atoms with E-state index in [1.54, 1.807) is 6.07 Å². The van der Waals surface area contributed by atoms with Crippen LogP contribution in [0.4, 0.5) is 10.1 Å². The molecular weight excluding hydrogens is 427 g/mol. The Morgan fingerprint density at radius 3 is 2.53 bits per heavy atom. The zero-order valence-corrected chi connectivity index (χ0v) is 20.7. The molecule has 1 amide bonds. The first kappa shape index (κ1) is 24.6. The molecule has 2 aromatic rings. The Labute approximate surface area is 203 Å². The van der Waals surface area contributed by atoms with E-state index in [-0.39, 0.29) is 23.6 Å². The molecule has 0 spiro atoms. The van der Waals surface area contributed by atoms with Crippen LogP contribution in [0.15, 0.2) is 42.5 Å². The number of anilines is 1. The Balaban J connectivity index is 1.45. The van der Waals surface area contributed by atoms with Gasteiger partial charge in [-0.15, -0.1) is 0 Å². The maximum atomic E-state index is 14.2. The first-order valence-electron chi connectivity index (χ1n) is 12.5. The summed E-state index contributed by atoms with van der Waals surface area (Å²) in [5.74, 6) is 0.188. The fraction of sp³-hybridized carbons (Fsp3) is 0.483. The van der Waals surface area contributed by atoms with Crippen molar-refractivity contribution in [1.82, 2.24) is 4.90 Å². The van der Waals surface area contributed by atoms with Gasteiger partial charge in [-0.2, -0.15) is 0 Å². The quantitative estimate of drug-likeness (QED) is 0.549. The summed E-state index contributed by atoms with van der Waals surface area (Å²) in [4.78, 5) is 17.6. The van der Waals surface area contributed by atoms with Gasteiger partial charge in [0, 0.05) is 37.8 Å². The van der Waals surface area contributed by atoms with Crippen LogP contribution in [0.5, 0.6) is 0 Å². The molecule has 0 unspecified atom stereocenters. The summed E-state index contributed by atoms with van der Waals surface area (Å²) in [6.07, 6.45) is 6.89. The second kappa shape index (κ2) is 11.3. The summed E-state index contributed by atoms with van der Waals surface area (Å²) in [5, 5.41) is 0. The molecule has 2 heterocycles. The Bertz CT molecular complexity index is 1010. The van der Waals surface area contributed by atoms with Crippen LogP contribution >= 0.6 is 0 Å². The number of carbonyl (C=O) groups is 1. The third kappa shape index (κ3) is 5.94. The van der Waals surface area contributed by atoms with Crippen molar-refractivity contribution >= 4 is 17.7 Å². The molecule has 182 valence electrons. The van der Waals surface area contributed by atoms with Crippen molar-refractivity contribution < 1.29 is 13.9 Å². The number of carbonyl (C=O) groups excluding carboxylic acids is 1. The molecule has 4 nitrogen and oxygen atoms in total. The number of hydrogen-bond acceptors (Lipinski definition) is 3. The van der Waals surface area contributed by atoms with E-state index in [2.05, 4.69) is 43.0 Å². The molecule has 2 fully saturated rings. The minimum Gasteiger partial charge on any atom is -0.379 e. The smallest absolute Gasteiger partial charge is 0.229 e. The van der Waals surface area contributed by atoms with Gasteiger partial charge in [-0.05, 0) is 79.5 Å². The van der Waals surface area contributed by atoms with Gasteiger partial charge in [-0.25, -0.2) is 4.39 Å². The predicted molar refractivity (Wildman–Crippen MR) is 137 cm³/mol. The Hall–Kier alpha value is -2.50. The molecule has 2 aliphatic heterocycles. The summed E-state index contributed by atoms with van der Waals surface area (Å²) in [5.41, 5.74) is 5.14. The number of nitrogens with zero attached hydrogens (tertiary/aromatic N) is 2. The van der Waals surface area contributed by atoms with Gasteiger partial charge in [0.1, 0.15) is 5.82 Å². The van der Waals surface area contributed by atoms with Crippen LogP contribution in [-0.2, 0) is 16.0 Å². The third-order valence-electron chi connectivity index (χ3n) is 7.09. The third-order valence-corrected chi connectivity index (χ3v) is 7.09. The number of ether oxygens (including phenoxy) is 1. The topological polar surface area (TPSA) is 32.8 Å². The van der Waals surface area contributed by atoms with Crippen LogP contribution in [0.25, 0.3) is 6.08 Å². The summed E-state index contributed by atoms with van der Waals surface area (Å²) in [7, 11) is 0. The maximum Gasteiger partial charge on any atom is 0.229 e. The molecule has 0 saturated carbocycles. The molecule has 2 saturated heterocycles.